The molecule has 0 aliphatic carbocycles. The number of aromatic nitrogens is 2. The Morgan fingerprint density at radius 3 is 2.56 bits per heavy atom. The molecule has 2 aromatic rings. The van der Waals surface area contributed by atoms with Gasteiger partial charge in [-0.1, -0.05) is 37.7 Å². The molecule has 1 heterocycles. The number of ether oxygens (including phenoxy) is 1. The number of carbonyl (C=O) groups excluding carboxylic acids is 1. The number of amides is 1. The Bertz CT molecular complexity index is 803. The molecule has 0 bridgehead atoms. The number of aryl methyl sites for hydroxylation is 1. The van der Waals surface area contributed by atoms with E-state index in [1.807, 2.05) is 45.0 Å². The molecule has 2 N–H and O–H groups in total. The number of benzene rings is 1. The van der Waals surface area contributed by atoms with Crippen LogP contribution in [-0.2, 0) is 22.6 Å². The van der Waals surface area contributed by atoms with Gasteiger partial charge in [-0.25, -0.2) is 4.98 Å². The summed E-state index contributed by atoms with van der Waals surface area (Å²) in [6.45, 7) is 8.13. The highest BCUT2D eigenvalue weighted by Gasteiger charge is 2.20. The second-order valence-electron chi connectivity index (χ2n) is 6.46. The Hall–Kier alpha value is -2.12. The fourth-order valence-electron chi connectivity index (χ4n) is 2.37. The lowest BCUT2D eigenvalue weighted by atomic mass is 10.1. The van der Waals surface area contributed by atoms with E-state index < -0.39 is 0 Å². The SMILES string of the molecule is CCc1ccc(NC(=O)C(CC)Sc2nc(COC(C)C)cc(=O)[nH]2)cc1. The molecule has 0 fully saturated rings. The quantitative estimate of drug-likeness (QED) is 0.504. The largest absolute Gasteiger partial charge is 0.373 e. The molecule has 0 radical (unpaired) electrons. The van der Waals surface area contributed by atoms with E-state index in [4.69, 9.17) is 4.74 Å². The maximum atomic E-state index is 12.6. The van der Waals surface area contributed by atoms with Gasteiger partial charge in [0.1, 0.15) is 0 Å². The number of H-pyrrole nitrogens is 1. The van der Waals surface area contributed by atoms with Crippen LogP contribution >= 0.6 is 11.8 Å². The molecule has 146 valence electrons. The van der Waals surface area contributed by atoms with Gasteiger partial charge in [0.25, 0.3) is 5.56 Å². The van der Waals surface area contributed by atoms with Crippen molar-refractivity contribution in [3.05, 3.63) is 51.9 Å². The maximum absolute atomic E-state index is 12.6. The van der Waals surface area contributed by atoms with E-state index in [0.717, 1.165) is 12.1 Å². The molecule has 0 spiro atoms. The summed E-state index contributed by atoms with van der Waals surface area (Å²) in [6, 6.07) is 9.22. The average Bonchev–Trinajstić information content (AvgIpc) is 2.64. The van der Waals surface area contributed by atoms with Crippen LogP contribution in [0.1, 0.15) is 45.4 Å². The minimum Gasteiger partial charge on any atom is -0.373 e. The Morgan fingerprint density at radius 1 is 1.26 bits per heavy atom. The second-order valence-corrected chi connectivity index (χ2v) is 7.65. The third-order valence-corrected chi connectivity index (χ3v) is 5.13. The molecule has 0 aliphatic heterocycles. The highest BCUT2D eigenvalue weighted by Crippen LogP contribution is 2.23. The topological polar surface area (TPSA) is 84.1 Å². The number of hydrogen-bond donors (Lipinski definition) is 2. The van der Waals surface area contributed by atoms with Crippen molar-refractivity contribution in [3.8, 4) is 0 Å². The Labute approximate surface area is 164 Å². The highest BCUT2D eigenvalue weighted by atomic mass is 32.2. The zero-order chi connectivity index (χ0) is 19.8. The van der Waals surface area contributed by atoms with Gasteiger partial charge >= 0.3 is 0 Å². The number of nitrogens with zero attached hydrogens (tertiary/aromatic N) is 1. The summed E-state index contributed by atoms with van der Waals surface area (Å²) in [5, 5.41) is 2.99. The number of hydrogen-bond acceptors (Lipinski definition) is 5. The zero-order valence-electron chi connectivity index (χ0n) is 16.2. The van der Waals surface area contributed by atoms with E-state index >= 15 is 0 Å². The number of anilines is 1. The predicted molar refractivity (Wildman–Crippen MR) is 109 cm³/mol. The highest BCUT2D eigenvalue weighted by molar-refractivity contribution is 8.00. The molecule has 1 unspecified atom stereocenters. The molecular weight excluding hydrogens is 362 g/mol. The molecule has 0 saturated heterocycles. The monoisotopic (exact) mass is 389 g/mol. The third kappa shape index (κ3) is 6.84. The lowest BCUT2D eigenvalue weighted by Gasteiger charge is -2.15. The lowest BCUT2D eigenvalue weighted by molar-refractivity contribution is -0.115. The maximum Gasteiger partial charge on any atom is 0.251 e. The predicted octanol–water partition coefficient (Wildman–Crippen LogP) is 3.77. The summed E-state index contributed by atoms with van der Waals surface area (Å²) in [6.07, 6.45) is 1.62. The van der Waals surface area contributed by atoms with E-state index in [9.17, 15) is 9.59 Å². The summed E-state index contributed by atoms with van der Waals surface area (Å²) in [4.78, 5) is 31.6. The first kappa shape index (κ1) is 21.2. The first-order chi connectivity index (χ1) is 12.9. The molecule has 6 nitrogen and oxygen atoms in total. The number of carbonyl (C=O) groups is 1. The smallest absolute Gasteiger partial charge is 0.251 e. The minimum atomic E-state index is -0.361. The van der Waals surface area contributed by atoms with E-state index in [0.29, 0.717) is 17.3 Å². The van der Waals surface area contributed by atoms with Crippen LogP contribution in [0.15, 0.2) is 40.3 Å². The fraction of sp³-hybridized carbons (Fsp3) is 0.450. The van der Waals surface area contributed by atoms with Crippen LogP contribution in [0.2, 0.25) is 0 Å². The molecule has 0 saturated carbocycles. The van der Waals surface area contributed by atoms with Crippen molar-refractivity contribution in [3.63, 3.8) is 0 Å². The van der Waals surface area contributed by atoms with Crippen LogP contribution in [0, 0.1) is 0 Å². The van der Waals surface area contributed by atoms with Crippen molar-refractivity contribution >= 4 is 23.4 Å². The normalized spacial score (nSPS) is 12.2. The molecule has 1 atom stereocenters. The molecule has 1 aromatic heterocycles. The summed E-state index contributed by atoms with van der Waals surface area (Å²) in [7, 11) is 0. The van der Waals surface area contributed by atoms with Gasteiger partial charge in [0, 0.05) is 11.8 Å². The van der Waals surface area contributed by atoms with Crippen molar-refractivity contribution in [2.45, 2.75) is 63.7 Å². The average molecular weight is 390 g/mol. The van der Waals surface area contributed by atoms with Gasteiger partial charge in [0.05, 0.1) is 23.7 Å². The standard InChI is InChI=1S/C20H27N3O3S/c1-5-14-7-9-15(10-8-14)21-19(25)17(6-2)27-20-22-16(11-18(24)23-20)12-26-13(3)4/h7-11,13,17H,5-6,12H2,1-4H3,(H,21,25)(H,22,23,24). The summed E-state index contributed by atoms with van der Waals surface area (Å²) in [5.41, 5.74) is 2.29. The van der Waals surface area contributed by atoms with Crippen LogP contribution < -0.4 is 10.9 Å². The summed E-state index contributed by atoms with van der Waals surface area (Å²) >= 11 is 1.25. The molecule has 1 amide bonds. The Balaban J connectivity index is 2.06. The van der Waals surface area contributed by atoms with Crippen molar-refractivity contribution in [1.29, 1.82) is 0 Å². The van der Waals surface area contributed by atoms with Gasteiger partial charge in [0.15, 0.2) is 5.16 Å². The van der Waals surface area contributed by atoms with Crippen LogP contribution in [0.4, 0.5) is 5.69 Å². The fourth-order valence-corrected chi connectivity index (χ4v) is 3.30. The van der Waals surface area contributed by atoms with Gasteiger partial charge in [-0.3, -0.25) is 9.59 Å². The van der Waals surface area contributed by atoms with Gasteiger partial charge in [0.2, 0.25) is 5.91 Å². The number of nitrogens with one attached hydrogen (secondary N) is 2. The van der Waals surface area contributed by atoms with Crippen molar-refractivity contribution in [2.75, 3.05) is 5.32 Å². The van der Waals surface area contributed by atoms with Crippen LogP contribution in [-0.4, -0.2) is 27.2 Å². The van der Waals surface area contributed by atoms with E-state index in [2.05, 4.69) is 22.2 Å². The molecule has 0 aliphatic rings. The molecular formula is C20H27N3O3S. The third-order valence-electron chi connectivity index (χ3n) is 3.88. The summed E-state index contributed by atoms with van der Waals surface area (Å²) < 4.78 is 5.51. The van der Waals surface area contributed by atoms with Crippen LogP contribution in [0.3, 0.4) is 0 Å². The zero-order valence-corrected chi connectivity index (χ0v) is 17.1. The van der Waals surface area contributed by atoms with Crippen molar-refractivity contribution in [2.24, 2.45) is 0 Å². The van der Waals surface area contributed by atoms with Crippen molar-refractivity contribution in [1.82, 2.24) is 9.97 Å². The van der Waals surface area contributed by atoms with E-state index in [-0.39, 0.29) is 29.4 Å². The van der Waals surface area contributed by atoms with Gasteiger partial charge in [-0.2, -0.15) is 0 Å². The van der Waals surface area contributed by atoms with Gasteiger partial charge in [-0.05, 0) is 44.4 Å². The molecule has 7 heteroatoms. The molecule has 27 heavy (non-hydrogen) atoms. The molecule has 1 aromatic carbocycles. The van der Waals surface area contributed by atoms with E-state index in [1.165, 1.54) is 23.4 Å². The molecule has 2 rings (SSSR count). The number of aromatic amines is 1. The van der Waals surface area contributed by atoms with Crippen LogP contribution in [0.5, 0.6) is 0 Å². The number of thioether (sulfide) groups is 1. The Kier molecular flexibility index (Phi) is 8.06. The Morgan fingerprint density at radius 2 is 1.96 bits per heavy atom. The van der Waals surface area contributed by atoms with Gasteiger partial charge in [-0.15, -0.1) is 0 Å². The summed E-state index contributed by atoms with van der Waals surface area (Å²) in [5.74, 6) is -0.113. The lowest BCUT2D eigenvalue weighted by Crippen LogP contribution is -2.25. The van der Waals surface area contributed by atoms with Crippen LogP contribution in [0.25, 0.3) is 0 Å². The minimum absolute atomic E-state index is 0.0513. The number of rotatable bonds is 9. The van der Waals surface area contributed by atoms with Crippen molar-refractivity contribution < 1.29 is 9.53 Å². The van der Waals surface area contributed by atoms with E-state index in [1.54, 1.807) is 0 Å². The second kappa shape index (κ2) is 10.3. The first-order valence-electron chi connectivity index (χ1n) is 9.19. The first-order valence-corrected chi connectivity index (χ1v) is 10.1. The van der Waals surface area contributed by atoms with Gasteiger partial charge < -0.3 is 15.0 Å².